The average Bonchev–Trinajstić information content (AvgIpc) is 3.44. The van der Waals surface area contributed by atoms with Crippen LogP contribution in [0.25, 0.3) is 11.0 Å². The number of amides is 1. The van der Waals surface area contributed by atoms with E-state index in [1.165, 1.54) is 19.2 Å². The maximum atomic E-state index is 13.5. The molecule has 2 N–H and O–H groups in total. The third kappa shape index (κ3) is 4.29. The highest BCUT2D eigenvalue weighted by atomic mass is 19.1. The van der Waals surface area contributed by atoms with Crippen LogP contribution in [0.3, 0.4) is 0 Å². The normalized spacial score (nSPS) is 15.7. The Kier molecular flexibility index (Phi) is 6.36. The van der Waals surface area contributed by atoms with E-state index in [1.807, 2.05) is 19.1 Å². The number of carbonyl (C=O) groups is 2. The number of nitrogens with zero attached hydrogens (tertiary/aromatic N) is 2. The van der Waals surface area contributed by atoms with Gasteiger partial charge in [0, 0.05) is 25.1 Å². The van der Waals surface area contributed by atoms with Gasteiger partial charge in [-0.25, -0.2) is 14.2 Å². The number of hydrogen-bond acceptors (Lipinski definition) is 6. The van der Waals surface area contributed by atoms with Gasteiger partial charge in [-0.2, -0.15) is 0 Å². The predicted molar refractivity (Wildman–Crippen MR) is 118 cm³/mol. The molecule has 1 aliphatic heterocycles. The van der Waals surface area contributed by atoms with Crippen LogP contribution >= 0.6 is 0 Å². The van der Waals surface area contributed by atoms with Crippen molar-refractivity contribution in [3.05, 3.63) is 53.6 Å². The summed E-state index contributed by atoms with van der Waals surface area (Å²) in [4.78, 5) is 30.0. The first-order valence-corrected chi connectivity index (χ1v) is 10.5. The Balaban J connectivity index is 1.71. The highest BCUT2D eigenvalue weighted by Gasteiger charge is 2.29. The van der Waals surface area contributed by atoms with Crippen molar-refractivity contribution >= 4 is 34.3 Å². The first-order chi connectivity index (χ1) is 15.5. The summed E-state index contributed by atoms with van der Waals surface area (Å²) in [5.41, 5.74) is 2.62. The maximum Gasteiger partial charge on any atom is 0.356 e. The number of pyridine rings is 1. The molecule has 0 radical (unpaired) electrons. The monoisotopic (exact) mass is 440 g/mol. The second kappa shape index (κ2) is 9.35. The number of esters is 1. The number of halogens is 1. The molecule has 1 fully saturated rings. The Hall–Kier alpha value is -3.46. The first kappa shape index (κ1) is 21.8. The van der Waals surface area contributed by atoms with E-state index in [0.717, 1.165) is 5.56 Å². The number of aryl methyl sites for hydroxylation is 1. The molecule has 1 aromatic carbocycles. The van der Waals surface area contributed by atoms with E-state index >= 15 is 0 Å². The highest BCUT2D eigenvalue weighted by Crippen LogP contribution is 2.33. The summed E-state index contributed by atoms with van der Waals surface area (Å²) >= 11 is 0. The number of carbonyl (C=O) groups excluding carboxylic acids is 2. The van der Waals surface area contributed by atoms with Gasteiger partial charge in [-0.15, -0.1) is 0 Å². The maximum absolute atomic E-state index is 13.5. The zero-order chi connectivity index (χ0) is 22.7. The molecule has 1 unspecified atom stereocenters. The summed E-state index contributed by atoms with van der Waals surface area (Å²) in [6.45, 7) is 3.63. The molecule has 2 aromatic heterocycles. The van der Waals surface area contributed by atoms with E-state index in [-0.39, 0.29) is 23.3 Å². The first-order valence-electron chi connectivity index (χ1n) is 10.5. The molecule has 0 spiro atoms. The standard InChI is InChI=1S/C23H25FN4O4/c1-3-28-20(23(30)31-2)19(27-22(29)15-7-8-32-13-15)18-10-17(12-26-21(18)28)25-11-14-5-4-6-16(24)9-14/h4-6,9-10,12,15,25H,3,7-8,11,13H2,1-2H3,(H,27,29). The van der Waals surface area contributed by atoms with Crippen LogP contribution < -0.4 is 10.6 Å². The number of nitrogens with one attached hydrogen (secondary N) is 2. The molecule has 0 aliphatic carbocycles. The van der Waals surface area contributed by atoms with Crippen LogP contribution in [-0.4, -0.2) is 41.8 Å². The molecule has 1 saturated heterocycles. The lowest BCUT2D eigenvalue weighted by Crippen LogP contribution is -2.24. The van der Waals surface area contributed by atoms with E-state index in [4.69, 9.17) is 9.47 Å². The van der Waals surface area contributed by atoms with Gasteiger partial charge in [0.05, 0.1) is 37.2 Å². The number of aromatic nitrogens is 2. The minimum Gasteiger partial charge on any atom is -0.464 e. The fourth-order valence-electron chi connectivity index (χ4n) is 3.88. The average molecular weight is 440 g/mol. The Morgan fingerprint density at radius 2 is 2.19 bits per heavy atom. The summed E-state index contributed by atoms with van der Waals surface area (Å²) in [5, 5.41) is 6.75. The van der Waals surface area contributed by atoms with Gasteiger partial charge < -0.3 is 24.7 Å². The van der Waals surface area contributed by atoms with Crippen LogP contribution in [0.2, 0.25) is 0 Å². The summed E-state index contributed by atoms with van der Waals surface area (Å²) in [6, 6.07) is 8.14. The Morgan fingerprint density at radius 1 is 1.34 bits per heavy atom. The number of ether oxygens (including phenoxy) is 2. The van der Waals surface area contributed by atoms with Gasteiger partial charge in [-0.05, 0) is 37.1 Å². The molecule has 1 atom stereocenters. The summed E-state index contributed by atoms with van der Waals surface area (Å²) in [5.74, 6) is -1.35. The van der Waals surface area contributed by atoms with Gasteiger partial charge in [0.25, 0.3) is 0 Å². The molecule has 168 valence electrons. The second-order valence-corrected chi connectivity index (χ2v) is 7.59. The lowest BCUT2D eigenvalue weighted by Gasteiger charge is -2.11. The van der Waals surface area contributed by atoms with Gasteiger partial charge in [0.1, 0.15) is 11.5 Å². The molecule has 1 aliphatic rings. The number of fused-ring (bicyclic) bond motifs is 1. The van der Waals surface area contributed by atoms with Crippen molar-refractivity contribution in [1.82, 2.24) is 9.55 Å². The van der Waals surface area contributed by atoms with Crippen LogP contribution in [0.4, 0.5) is 15.8 Å². The SMILES string of the molecule is CCn1c(C(=O)OC)c(NC(=O)C2CCOC2)c2cc(NCc3cccc(F)c3)cnc21. The number of rotatable bonds is 7. The largest absolute Gasteiger partial charge is 0.464 e. The summed E-state index contributed by atoms with van der Waals surface area (Å²) in [7, 11) is 1.30. The zero-order valence-corrected chi connectivity index (χ0v) is 18.0. The molecule has 9 heteroatoms. The van der Waals surface area contributed by atoms with E-state index in [2.05, 4.69) is 15.6 Å². The number of hydrogen-bond donors (Lipinski definition) is 2. The van der Waals surface area contributed by atoms with Gasteiger partial charge >= 0.3 is 5.97 Å². The molecule has 8 nitrogen and oxygen atoms in total. The minimum absolute atomic E-state index is 0.207. The van der Waals surface area contributed by atoms with Crippen LogP contribution in [-0.2, 0) is 27.4 Å². The fraction of sp³-hybridized carbons (Fsp3) is 0.348. The van der Waals surface area contributed by atoms with Gasteiger partial charge in [-0.3, -0.25) is 4.79 Å². The summed E-state index contributed by atoms with van der Waals surface area (Å²) in [6.07, 6.45) is 2.27. The van der Waals surface area contributed by atoms with Crippen molar-refractivity contribution in [2.75, 3.05) is 31.0 Å². The van der Waals surface area contributed by atoms with E-state index in [0.29, 0.717) is 55.1 Å². The molecule has 4 rings (SSSR count). The highest BCUT2D eigenvalue weighted by molar-refractivity contribution is 6.11. The fourth-order valence-corrected chi connectivity index (χ4v) is 3.88. The van der Waals surface area contributed by atoms with E-state index in [1.54, 1.807) is 16.8 Å². The van der Waals surface area contributed by atoms with Crippen molar-refractivity contribution in [2.24, 2.45) is 5.92 Å². The van der Waals surface area contributed by atoms with Crippen molar-refractivity contribution in [3.63, 3.8) is 0 Å². The quantitative estimate of drug-likeness (QED) is 0.546. The van der Waals surface area contributed by atoms with Crippen LogP contribution in [0.5, 0.6) is 0 Å². The number of anilines is 2. The molecular weight excluding hydrogens is 415 g/mol. The number of benzene rings is 1. The van der Waals surface area contributed by atoms with Crippen LogP contribution in [0.15, 0.2) is 36.5 Å². The Morgan fingerprint density at radius 3 is 2.88 bits per heavy atom. The molecule has 0 bridgehead atoms. The Bertz CT molecular complexity index is 1150. The molecule has 3 aromatic rings. The van der Waals surface area contributed by atoms with Gasteiger partial charge in [0.2, 0.25) is 5.91 Å². The molecule has 1 amide bonds. The van der Waals surface area contributed by atoms with Gasteiger partial charge in [-0.1, -0.05) is 12.1 Å². The lowest BCUT2D eigenvalue weighted by atomic mass is 10.1. The minimum atomic E-state index is -0.558. The van der Waals surface area contributed by atoms with E-state index in [9.17, 15) is 14.0 Å². The number of methoxy groups -OCH3 is 1. The third-order valence-electron chi connectivity index (χ3n) is 5.53. The lowest BCUT2D eigenvalue weighted by molar-refractivity contribution is -0.119. The predicted octanol–water partition coefficient (Wildman–Crippen LogP) is 3.57. The van der Waals surface area contributed by atoms with Crippen molar-refractivity contribution in [2.45, 2.75) is 26.4 Å². The zero-order valence-electron chi connectivity index (χ0n) is 18.0. The third-order valence-corrected chi connectivity index (χ3v) is 5.53. The topological polar surface area (TPSA) is 94.5 Å². The Labute approximate surface area is 184 Å². The summed E-state index contributed by atoms with van der Waals surface area (Å²) < 4.78 is 25.5. The molecule has 32 heavy (non-hydrogen) atoms. The van der Waals surface area contributed by atoms with Crippen molar-refractivity contribution in [1.29, 1.82) is 0 Å². The molecule has 0 saturated carbocycles. The van der Waals surface area contributed by atoms with Crippen molar-refractivity contribution < 1.29 is 23.5 Å². The van der Waals surface area contributed by atoms with E-state index < -0.39 is 5.97 Å². The van der Waals surface area contributed by atoms with Crippen LogP contribution in [0.1, 0.15) is 29.4 Å². The van der Waals surface area contributed by atoms with Gasteiger partial charge in [0.15, 0.2) is 5.69 Å². The smallest absolute Gasteiger partial charge is 0.356 e. The van der Waals surface area contributed by atoms with Crippen molar-refractivity contribution in [3.8, 4) is 0 Å². The second-order valence-electron chi connectivity index (χ2n) is 7.59. The molecule has 3 heterocycles. The van der Waals surface area contributed by atoms with Crippen LogP contribution in [0, 0.1) is 11.7 Å². The molecular formula is C23H25FN4O4.